The predicted octanol–water partition coefficient (Wildman–Crippen LogP) is 2.65. The van der Waals surface area contributed by atoms with Gasteiger partial charge in [-0.2, -0.15) is 5.10 Å². The Hall–Kier alpha value is -2.17. The van der Waals surface area contributed by atoms with Crippen LogP contribution in [0.2, 0.25) is 0 Å². The van der Waals surface area contributed by atoms with Gasteiger partial charge in [-0.25, -0.2) is 0 Å². The van der Waals surface area contributed by atoms with Crippen molar-refractivity contribution in [3.63, 3.8) is 0 Å². The lowest BCUT2D eigenvalue weighted by Gasteiger charge is -2.23. The molecule has 3 rings (SSSR count). The molecule has 5 nitrogen and oxygen atoms in total. The summed E-state index contributed by atoms with van der Waals surface area (Å²) < 4.78 is 1.93. The molecule has 21 heavy (non-hydrogen) atoms. The zero-order valence-electron chi connectivity index (χ0n) is 12.5. The summed E-state index contributed by atoms with van der Waals surface area (Å²) in [5.74, 6) is 0.148. The lowest BCUT2D eigenvalue weighted by atomic mass is 10.0. The number of pyridine rings is 1. The van der Waals surface area contributed by atoms with Crippen LogP contribution in [0.3, 0.4) is 0 Å². The highest BCUT2D eigenvalue weighted by molar-refractivity contribution is 5.74. The molecule has 1 aliphatic rings. The fourth-order valence-corrected chi connectivity index (χ4v) is 3.09. The van der Waals surface area contributed by atoms with E-state index < -0.39 is 0 Å². The Balaban J connectivity index is 1.95. The Morgan fingerprint density at radius 1 is 1.38 bits per heavy atom. The van der Waals surface area contributed by atoms with Gasteiger partial charge in [0.1, 0.15) is 0 Å². The van der Waals surface area contributed by atoms with Crippen LogP contribution in [0.5, 0.6) is 0 Å². The van der Waals surface area contributed by atoms with E-state index in [4.69, 9.17) is 0 Å². The van der Waals surface area contributed by atoms with Gasteiger partial charge in [-0.15, -0.1) is 0 Å². The monoisotopic (exact) mass is 284 g/mol. The molecule has 5 heteroatoms. The molecule has 2 aromatic heterocycles. The van der Waals surface area contributed by atoms with Gasteiger partial charge in [0.2, 0.25) is 5.91 Å². The Labute approximate surface area is 124 Å². The van der Waals surface area contributed by atoms with Gasteiger partial charge in [0.15, 0.2) is 0 Å². The van der Waals surface area contributed by atoms with E-state index in [9.17, 15) is 4.79 Å². The fourth-order valence-electron chi connectivity index (χ4n) is 3.09. The number of nitrogens with zero attached hydrogens (tertiary/aromatic N) is 4. The quantitative estimate of drug-likeness (QED) is 0.870. The molecule has 0 radical (unpaired) electrons. The van der Waals surface area contributed by atoms with Crippen LogP contribution in [0.15, 0.2) is 30.6 Å². The largest absolute Gasteiger partial charge is 0.336 e. The minimum Gasteiger partial charge on any atom is -0.336 e. The third kappa shape index (κ3) is 2.55. The second-order valence-corrected chi connectivity index (χ2v) is 5.38. The number of carbonyl (C=O) groups is 1. The zero-order chi connectivity index (χ0) is 14.8. The summed E-state index contributed by atoms with van der Waals surface area (Å²) in [4.78, 5) is 18.2. The normalized spacial score (nSPS) is 18.2. The highest BCUT2D eigenvalue weighted by atomic mass is 16.2. The first-order valence-electron chi connectivity index (χ1n) is 7.46. The van der Waals surface area contributed by atoms with Crippen molar-refractivity contribution >= 4 is 5.91 Å². The molecule has 0 saturated carbocycles. The average Bonchev–Trinajstić information content (AvgIpc) is 3.16. The first kappa shape index (κ1) is 13.8. The molecule has 1 atom stereocenters. The van der Waals surface area contributed by atoms with Gasteiger partial charge in [0.05, 0.1) is 17.4 Å². The highest BCUT2D eigenvalue weighted by Gasteiger charge is 2.28. The van der Waals surface area contributed by atoms with Crippen LogP contribution in [0.1, 0.15) is 38.3 Å². The fraction of sp³-hybridized carbons (Fsp3) is 0.438. The first-order valence-corrected chi connectivity index (χ1v) is 7.46. The molecular weight excluding hydrogens is 264 g/mol. The lowest BCUT2D eigenvalue weighted by Crippen LogP contribution is -2.28. The highest BCUT2D eigenvalue weighted by Crippen LogP contribution is 2.33. The summed E-state index contributed by atoms with van der Waals surface area (Å²) in [5.41, 5.74) is 3.10. The smallest absolute Gasteiger partial charge is 0.219 e. The lowest BCUT2D eigenvalue weighted by molar-refractivity contribution is -0.129. The molecule has 0 aromatic carbocycles. The van der Waals surface area contributed by atoms with Gasteiger partial charge in [0.25, 0.3) is 0 Å². The minimum atomic E-state index is 0.148. The van der Waals surface area contributed by atoms with Crippen LogP contribution >= 0.6 is 0 Å². The number of carbonyl (C=O) groups excluding carboxylic acids is 1. The summed E-state index contributed by atoms with van der Waals surface area (Å²) in [5, 5.41) is 4.29. The zero-order valence-corrected chi connectivity index (χ0v) is 12.5. The van der Waals surface area contributed by atoms with Gasteiger partial charge in [-0.05, 0) is 43.5 Å². The second-order valence-electron chi connectivity index (χ2n) is 5.38. The summed E-state index contributed by atoms with van der Waals surface area (Å²) in [6, 6.07) is 6.27. The molecule has 110 valence electrons. The first-order chi connectivity index (χ1) is 10.2. The van der Waals surface area contributed by atoms with Gasteiger partial charge in [-0.3, -0.25) is 14.5 Å². The van der Waals surface area contributed by atoms with Crippen LogP contribution in [-0.4, -0.2) is 32.1 Å². The molecule has 3 heterocycles. The number of aromatic nitrogens is 3. The second kappa shape index (κ2) is 5.68. The topological polar surface area (TPSA) is 51.0 Å². The van der Waals surface area contributed by atoms with Crippen molar-refractivity contribution < 1.29 is 4.79 Å². The Morgan fingerprint density at radius 3 is 3.00 bits per heavy atom. The van der Waals surface area contributed by atoms with Gasteiger partial charge in [-0.1, -0.05) is 0 Å². The average molecular weight is 284 g/mol. The minimum absolute atomic E-state index is 0.148. The summed E-state index contributed by atoms with van der Waals surface area (Å²) >= 11 is 0. The molecule has 1 aliphatic heterocycles. The third-order valence-corrected chi connectivity index (χ3v) is 4.10. The molecular formula is C16H20N4O. The predicted molar refractivity (Wildman–Crippen MR) is 80.5 cm³/mol. The summed E-state index contributed by atoms with van der Waals surface area (Å²) in [7, 11) is 0. The van der Waals surface area contributed by atoms with Crippen molar-refractivity contribution in [3.8, 4) is 11.4 Å². The maximum absolute atomic E-state index is 11.7. The maximum atomic E-state index is 11.7. The van der Waals surface area contributed by atoms with Gasteiger partial charge >= 0.3 is 0 Å². The van der Waals surface area contributed by atoms with Crippen molar-refractivity contribution in [1.82, 2.24) is 19.7 Å². The number of hydrogen-bond acceptors (Lipinski definition) is 3. The molecule has 0 unspecified atom stereocenters. The van der Waals surface area contributed by atoms with E-state index in [-0.39, 0.29) is 11.9 Å². The maximum Gasteiger partial charge on any atom is 0.219 e. The SMILES string of the molecule is CCn1nccc1-c1cc([C@@H]2CCCN2C(C)=O)ccn1. The molecule has 1 saturated heterocycles. The van der Waals surface area contributed by atoms with E-state index in [0.29, 0.717) is 0 Å². The molecule has 0 bridgehead atoms. The van der Waals surface area contributed by atoms with Crippen molar-refractivity contribution in [3.05, 3.63) is 36.2 Å². The summed E-state index contributed by atoms with van der Waals surface area (Å²) in [6.07, 6.45) is 5.71. The number of amides is 1. The molecule has 0 spiro atoms. The van der Waals surface area contributed by atoms with Crippen LogP contribution in [0, 0.1) is 0 Å². The van der Waals surface area contributed by atoms with Crippen molar-refractivity contribution in [1.29, 1.82) is 0 Å². The number of aryl methyl sites for hydroxylation is 1. The van der Waals surface area contributed by atoms with E-state index in [1.807, 2.05) is 27.9 Å². The van der Waals surface area contributed by atoms with Crippen LogP contribution in [-0.2, 0) is 11.3 Å². The molecule has 1 fully saturated rings. The van der Waals surface area contributed by atoms with E-state index in [1.165, 1.54) is 0 Å². The van der Waals surface area contributed by atoms with Gasteiger partial charge < -0.3 is 4.90 Å². The van der Waals surface area contributed by atoms with Crippen LogP contribution < -0.4 is 0 Å². The molecule has 1 amide bonds. The van der Waals surface area contributed by atoms with Crippen molar-refractivity contribution in [2.75, 3.05) is 6.54 Å². The van der Waals surface area contributed by atoms with Gasteiger partial charge in [0, 0.05) is 32.4 Å². The Kier molecular flexibility index (Phi) is 3.73. The van der Waals surface area contributed by atoms with Crippen LogP contribution in [0.4, 0.5) is 0 Å². The number of likely N-dealkylation sites (tertiary alicyclic amines) is 1. The molecule has 0 N–H and O–H groups in total. The van der Waals surface area contributed by atoms with Crippen LogP contribution in [0.25, 0.3) is 11.4 Å². The number of hydrogen-bond donors (Lipinski definition) is 0. The Bertz CT molecular complexity index is 649. The Morgan fingerprint density at radius 2 is 2.24 bits per heavy atom. The van der Waals surface area contributed by atoms with E-state index >= 15 is 0 Å². The molecule has 0 aliphatic carbocycles. The van der Waals surface area contributed by atoms with E-state index in [0.717, 1.165) is 42.9 Å². The third-order valence-electron chi connectivity index (χ3n) is 4.10. The molecule has 2 aromatic rings. The van der Waals surface area contributed by atoms with Crippen molar-refractivity contribution in [2.24, 2.45) is 0 Å². The van der Waals surface area contributed by atoms with E-state index in [1.54, 1.807) is 13.1 Å². The number of rotatable bonds is 3. The standard InChI is InChI=1S/C16H20N4O/c1-3-20-16(7-9-18-20)14-11-13(6-8-17-14)15-5-4-10-19(15)12(2)21/h6-9,11,15H,3-5,10H2,1-2H3/t15-/m0/s1. The van der Waals surface area contributed by atoms with E-state index in [2.05, 4.69) is 23.1 Å². The summed E-state index contributed by atoms with van der Waals surface area (Å²) in [6.45, 7) is 5.38. The van der Waals surface area contributed by atoms with Crippen molar-refractivity contribution in [2.45, 2.75) is 39.3 Å².